The highest BCUT2D eigenvalue weighted by atomic mass is 16.5. The molecule has 1 aromatic rings. The van der Waals surface area contributed by atoms with Crippen LogP contribution >= 0.6 is 0 Å². The third kappa shape index (κ3) is 2.85. The number of rotatable bonds is 5. The number of hydrogen-bond acceptors (Lipinski definition) is 3. The molecule has 2 unspecified atom stereocenters. The molecule has 1 aromatic carbocycles. The number of likely N-dealkylation sites (tertiary alicyclic amines) is 1. The van der Waals surface area contributed by atoms with Crippen molar-refractivity contribution in [1.82, 2.24) is 4.90 Å². The van der Waals surface area contributed by atoms with Gasteiger partial charge in [0.2, 0.25) is 0 Å². The highest BCUT2D eigenvalue weighted by molar-refractivity contribution is 5.32. The molecule has 3 heteroatoms. The zero-order valence-electron chi connectivity index (χ0n) is 11.4. The standard InChI is InChI=1S/C15H24N2O/c1-3-9-17-10-8-14(16)15(17)12-6-5-7-13(11-12)18-4-2/h5-7,11,14-15H,3-4,8-10,16H2,1-2H3. The molecule has 100 valence electrons. The first-order valence-corrected chi connectivity index (χ1v) is 6.98. The fraction of sp³-hybridized carbons (Fsp3) is 0.600. The normalized spacial score (nSPS) is 24.4. The average Bonchev–Trinajstić information content (AvgIpc) is 2.72. The summed E-state index contributed by atoms with van der Waals surface area (Å²) in [6, 6.07) is 8.98. The fourth-order valence-electron chi connectivity index (χ4n) is 2.83. The molecule has 0 radical (unpaired) electrons. The minimum atomic E-state index is 0.244. The first-order valence-electron chi connectivity index (χ1n) is 6.98. The number of nitrogens with zero attached hydrogens (tertiary/aromatic N) is 1. The lowest BCUT2D eigenvalue weighted by molar-refractivity contribution is 0.247. The molecule has 0 aromatic heterocycles. The number of benzene rings is 1. The van der Waals surface area contributed by atoms with Gasteiger partial charge in [0, 0.05) is 12.6 Å². The largest absolute Gasteiger partial charge is 0.494 e. The van der Waals surface area contributed by atoms with Crippen molar-refractivity contribution in [3.05, 3.63) is 29.8 Å². The van der Waals surface area contributed by atoms with Gasteiger partial charge in [-0.25, -0.2) is 0 Å². The van der Waals surface area contributed by atoms with Crippen molar-refractivity contribution in [1.29, 1.82) is 0 Å². The molecule has 1 saturated heterocycles. The Morgan fingerprint density at radius 3 is 2.94 bits per heavy atom. The molecule has 0 spiro atoms. The molecule has 1 fully saturated rings. The summed E-state index contributed by atoms with van der Waals surface area (Å²) in [7, 11) is 0. The predicted molar refractivity (Wildman–Crippen MR) is 74.8 cm³/mol. The van der Waals surface area contributed by atoms with Gasteiger partial charge in [-0.2, -0.15) is 0 Å². The van der Waals surface area contributed by atoms with E-state index in [1.54, 1.807) is 0 Å². The van der Waals surface area contributed by atoms with Crippen LogP contribution in [-0.4, -0.2) is 30.6 Å². The third-order valence-electron chi connectivity index (χ3n) is 3.57. The molecule has 0 amide bonds. The van der Waals surface area contributed by atoms with Crippen LogP contribution < -0.4 is 10.5 Å². The van der Waals surface area contributed by atoms with E-state index in [1.807, 2.05) is 13.0 Å². The average molecular weight is 248 g/mol. The molecule has 0 bridgehead atoms. The Morgan fingerprint density at radius 1 is 1.39 bits per heavy atom. The summed E-state index contributed by atoms with van der Waals surface area (Å²) < 4.78 is 5.58. The lowest BCUT2D eigenvalue weighted by Gasteiger charge is -2.27. The van der Waals surface area contributed by atoms with Crippen LogP contribution in [0.15, 0.2) is 24.3 Å². The minimum absolute atomic E-state index is 0.244. The Kier molecular flexibility index (Phi) is 4.61. The van der Waals surface area contributed by atoms with E-state index in [4.69, 9.17) is 10.5 Å². The quantitative estimate of drug-likeness (QED) is 0.870. The molecule has 1 aliphatic rings. The van der Waals surface area contributed by atoms with Crippen LogP contribution in [0.1, 0.15) is 38.3 Å². The second-order valence-electron chi connectivity index (χ2n) is 4.94. The van der Waals surface area contributed by atoms with Crippen LogP contribution in [0.2, 0.25) is 0 Å². The molecule has 2 atom stereocenters. The van der Waals surface area contributed by atoms with Crippen molar-refractivity contribution in [2.24, 2.45) is 5.73 Å². The summed E-state index contributed by atoms with van der Waals surface area (Å²) in [5.41, 5.74) is 7.56. The Balaban J connectivity index is 2.19. The van der Waals surface area contributed by atoms with Crippen LogP contribution in [0.5, 0.6) is 5.75 Å². The lowest BCUT2D eigenvalue weighted by Crippen LogP contribution is -2.32. The summed E-state index contributed by atoms with van der Waals surface area (Å²) in [6.07, 6.45) is 2.26. The topological polar surface area (TPSA) is 38.5 Å². The summed E-state index contributed by atoms with van der Waals surface area (Å²) >= 11 is 0. The van der Waals surface area contributed by atoms with Gasteiger partial charge >= 0.3 is 0 Å². The van der Waals surface area contributed by atoms with E-state index in [2.05, 4.69) is 30.0 Å². The van der Waals surface area contributed by atoms with Gasteiger partial charge in [-0.05, 0) is 44.0 Å². The number of ether oxygens (including phenoxy) is 1. The van der Waals surface area contributed by atoms with E-state index < -0.39 is 0 Å². The Labute approximate surface area is 110 Å². The lowest BCUT2D eigenvalue weighted by atomic mass is 10.0. The molecule has 0 saturated carbocycles. The van der Waals surface area contributed by atoms with Gasteiger partial charge in [-0.3, -0.25) is 4.90 Å². The van der Waals surface area contributed by atoms with Gasteiger partial charge < -0.3 is 10.5 Å². The van der Waals surface area contributed by atoms with E-state index in [0.717, 1.165) is 25.3 Å². The minimum Gasteiger partial charge on any atom is -0.494 e. The molecule has 3 nitrogen and oxygen atoms in total. The maximum Gasteiger partial charge on any atom is 0.119 e. The van der Waals surface area contributed by atoms with E-state index in [-0.39, 0.29) is 6.04 Å². The van der Waals surface area contributed by atoms with Crippen molar-refractivity contribution in [3.63, 3.8) is 0 Å². The number of hydrogen-bond donors (Lipinski definition) is 1. The molecular formula is C15H24N2O. The van der Waals surface area contributed by atoms with E-state index in [1.165, 1.54) is 12.0 Å². The fourth-order valence-corrected chi connectivity index (χ4v) is 2.83. The first-order chi connectivity index (χ1) is 8.76. The molecule has 18 heavy (non-hydrogen) atoms. The van der Waals surface area contributed by atoms with Gasteiger partial charge in [0.15, 0.2) is 0 Å². The van der Waals surface area contributed by atoms with Crippen LogP contribution in [0.3, 0.4) is 0 Å². The van der Waals surface area contributed by atoms with E-state index in [9.17, 15) is 0 Å². The molecule has 0 aliphatic carbocycles. The molecule has 2 rings (SSSR count). The maximum absolute atomic E-state index is 6.27. The Bertz CT molecular complexity index is 379. The van der Waals surface area contributed by atoms with Gasteiger partial charge in [-0.15, -0.1) is 0 Å². The predicted octanol–water partition coefficient (Wildman–Crippen LogP) is 2.57. The van der Waals surface area contributed by atoms with E-state index in [0.29, 0.717) is 12.6 Å². The van der Waals surface area contributed by atoms with Crippen LogP contribution in [-0.2, 0) is 0 Å². The Morgan fingerprint density at radius 2 is 2.22 bits per heavy atom. The van der Waals surface area contributed by atoms with Crippen LogP contribution in [0.4, 0.5) is 0 Å². The zero-order valence-corrected chi connectivity index (χ0v) is 11.4. The van der Waals surface area contributed by atoms with Crippen molar-refractivity contribution in [2.75, 3.05) is 19.7 Å². The van der Waals surface area contributed by atoms with Crippen LogP contribution in [0, 0.1) is 0 Å². The van der Waals surface area contributed by atoms with Gasteiger partial charge in [0.1, 0.15) is 5.75 Å². The van der Waals surface area contributed by atoms with Gasteiger partial charge in [0.25, 0.3) is 0 Å². The van der Waals surface area contributed by atoms with Crippen molar-refractivity contribution >= 4 is 0 Å². The second kappa shape index (κ2) is 6.21. The smallest absolute Gasteiger partial charge is 0.119 e. The summed E-state index contributed by atoms with van der Waals surface area (Å²) in [5, 5.41) is 0. The maximum atomic E-state index is 6.27. The zero-order chi connectivity index (χ0) is 13.0. The number of nitrogens with two attached hydrogens (primary N) is 1. The highest BCUT2D eigenvalue weighted by Crippen LogP contribution is 2.32. The first kappa shape index (κ1) is 13.4. The van der Waals surface area contributed by atoms with Crippen molar-refractivity contribution in [3.8, 4) is 5.75 Å². The second-order valence-corrected chi connectivity index (χ2v) is 4.94. The molecular weight excluding hydrogens is 224 g/mol. The SMILES string of the molecule is CCCN1CCC(N)C1c1cccc(OCC)c1. The molecule has 1 aliphatic heterocycles. The highest BCUT2D eigenvalue weighted by Gasteiger charge is 2.32. The summed E-state index contributed by atoms with van der Waals surface area (Å²) in [5.74, 6) is 0.950. The monoisotopic (exact) mass is 248 g/mol. The van der Waals surface area contributed by atoms with Gasteiger partial charge in [0.05, 0.1) is 12.6 Å². The van der Waals surface area contributed by atoms with Crippen molar-refractivity contribution in [2.45, 2.75) is 38.8 Å². The molecule has 1 heterocycles. The van der Waals surface area contributed by atoms with Crippen molar-refractivity contribution < 1.29 is 4.74 Å². The van der Waals surface area contributed by atoms with Crippen LogP contribution in [0.25, 0.3) is 0 Å². The van der Waals surface area contributed by atoms with E-state index >= 15 is 0 Å². The van der Waals surface area contributed by atoms with Gasteiger partial charge in [-0.1, -0.05) is 19.1 Å². The third-order valence-corrected chi connectivity index (χ3v) is 3.57. The summed E-state index contributed by atoms with van der Waals surface area (Å²) in [4.78, 5) is 2.50. The molecule has 2 N–H and O–H groups in total. The summed E-state index contributed by atoms with van der Waals surface area (Å²) in [6.45, 7) is 7.17. The Hall–Kier alpha value is -1.06.